The summed E-state index contributed by atoms with van der Waals surface area (Å²) in [5.41, 5.74) is 2.17. The molecule has 4 rings (SSSR count). The molecule has 0 bridgehead atoms. The van der Waals surface area contributed by atoms with Crippen LogP contribution in [0, 0.1) is 0 Å². The largest absolute Gasteiger partial charge is 0.367 e. The fourth-order valence-corrected chi connectivity index (χ4v) is 4.30. The van der Waals surface area contributed by atoms with Gasteiger partial charge in [0.2, 0.25) is 5.95 Å². The van der Waals surface area contributed by atoms with E-state index in [0.717, 1.165) is 55.7 Å². The molecule has 1 aromatic heterocycles. The van der Waals surface area contributed by atoms with Crippen molar-refractivity contribution in [3.05, 3.63) is 36.4 Å². The van der Waals surface area contributed by atoms with Crippen LogP contribution in [-0.2, 0) is 0 Å². The van der Waals surface area contributed by atoms with Gasteiger partial charge in [-0.25, -0.2) is 4.98 Å². The van der Waals surface area contributed by atoms with Crippen LogP contribution in [-0.4, -0.2) is 53.6 Å². The molecule has 0 spiro atoms. The van der Waals surface area contributed by atoms with Crippen molar-refractivity contribution in [3.63, 3.8) is 0 Å². The first-order chi connectivity index (χ1) is 13.8. The number of anilines is 2. The second-order valence-corrected chi connectivity index (χ2v) is 8.06. The Morgan fingerprint density at radius 2 is 1.64 bits per heavy atom. The van der Waals surface area contributed by atoms with Crippen molar-refractivity contribution in [1.82, 2.24) is 14.9 Å². The Hall–Kier alpha value is -2.14. The Labute approximate surface area is 169 Å². The van der Waals surface area contributed by atoms with E-state index in [2.05, 4.69) is 58.4 Å². The minimum absolute atomic E-state index is 0.533. The third-order valence-electron chi connectivity index (χ3n) is 6.09. The summed E-state index contributed by atoms with van der Waals surface area (Å²) in [5, 5.41) is 3.74. The number of aromatic nitrogens is 2. The van der Waals surface area contributed by atoms with Gasteiger partial charge in [-0.3, -0.25) is 0 Å². The highest BCUT2D eigenvalue weighted by atomic mass is 15.3. The average Bonchev–Trinajstić information content (AvgIpc) is 3.03. The maximum Gasteiger partial charge on any atom is 0.227 e. The van der Waals surface area contributed by atoms with Crippen LogP contribution < -0.4 is 10.2 Å². The van der Waals surface area contributed by atoms with Crippen LogP contribution in [0.5, 0.6) is 0 Å². The highest BCUT2D eigenvalue weighted by molar-refractivity contribution is 5.64. The Morgan fingerprint density at radius 3 is 2.32 bits per heavy atom. The summed E-state index contributed by atoms with van der Waals surface area (Å²) in [7, 11) is 0. The van der Waals surface area contributed by atoms with Gasteiger partial charge in [0.15, 0.2) is 0 Å². The Bertz CT molecular complexity index is 732. The molecule has 2 aliphatic rings. The third-order valence-corrected chi connectivity index (χ3v) is 6.09. The number of likely N-dealkylation sites (N-methyl/N-ethyl adjacent to an activating group) is 1. The zero-order valence-corrected chi connectivity index (χ0v) is 17.1. The number of nitrogens with zero attached hydrogens (tertiary/aromatic N) is 4. The highest BCUT2D eigenvalue weighted by Gasteiger charge is 2.20. The van der Waals surface area contributed by atoms with Crippen LogP contribution in [0.1, 0.15) is 45.4 Å². The first-order valence-electron chi connectivity index (χ1n) is 11.0. The number of hydrogen-bond acceptors (Lipinski definition) is 5. The van der Waals surface area contributed by atoms with Gasteiger partial charge in [0, 0.05) is 43.9 Å². The van der Waals surface area contributed by atoms with Crippen LogP contribution in [0.4, 0.5) is 11.8 Å². The molecule has 2 aromatic rings. The van der Waals surface area contributed by atoms with E-state index in [-0.39, 0.29) is 0 Å². The van der Waals surface area contributed by atoms with E-state index in [1.807, 2.05) is 0 Å². The van der Waals surface area contributed by atoms with E-state index in [4.69, 9.17) is 9.97 Å². The molecule has 1 saturated heterocycles. The molecule has 2 fully saturated rings. The topological polar surface area (TPSA) is 44.3 Å². The van der Waals surface area contributed by atoms with Crippen LogP contribution in [0.3, 0.4) is 0 Å². The lowest BCUT2D eigenvalue weighted by Gasteiger charge is -2.34. The van der Waals surface area contributed by atoms with Gasteiger partial charge in [-0.2, -0.15) is 4.98 Å². The molecule has 0 radical (unpaired) electrons. The molecule has 28 heavy (non-hydrogen) atoms. The van der Waals surface area contributed by atoms with Crippen molar-refractivity contribution in [2.45, 2.75) is 51.5 Å². The lowest BCUT2D eigenvalue weighted by atomic mass is 10.1. The summed E-state index contributed by atoms with van der Waals surface area (Å²) in [6.07, 6.45) is 7.86. The van der Waals surface area contributed by atoms with Crippen molar-refractivity contribution in [2.24, 2.45) is 0 Å². The van der Waals surface area contributed by atoms with Gasteiger partial charge in [0.05, 0.1) is 5.69 Å². The average molecular weight is 380 g/mol. The first kappa shape index (κ1) is 19.2. The molecule has 5 heteroatoms. The van der Waals surface area contributed by atoms with E-state index >= 15 is 0 Å². The Balaban J connectivity index is 1.59. The molecule has 1 aliphatic carbocycles. The van der Waals surface area contributed by atoms with E-state index in [1.165, 1.54) is 38.5 Å². The van der Waals surface area contributed by atoms with Crippen LogP contribution >= 0.6 is 0 Å². The molecule has 5 nitrogen and oxygen atoms in total. The van der Waals surface area contributed by atoms with Crippen molar-refractivity contribution < 1.29 is 0 Å². The van der Waals surface area contributed by atoms with Gasteiger partial charge in [-0.05, 0) is 19.4 Å². The van der Waals surface area contributed by atoms with Gasteiger partial charge in [0.1, 0.15) is 5.82 Å². The molecule has 1 aliphatic heterocycles. The van der Waals surface area contributed by atoms with Crippen molar-refractivity contribution in [3.8, 4) is 11.3 Å². The van der Waals surface area contributed by atoms with Crippen LogP contribution in [0.15, 0.2) is 36.4 Å². The first-order valence-corrected chi connectivity index (χ1v) is 11.0. The number of benzene rings is 1. The number of piperazine rings is 1. The zero-order chi connectivity index (χ0) is 19.2. The molecule has 1 N–H and O–H groups in total. The Morgan fingerprint density at radius 1 is 0.929 bits per heavy atom. The van der Waals surface area contributed by atoms with Gasteiger partial charge < -0.3 is 15.1 Å². The normalized spacial score (nSPS) is 19.4. The van der Waals surface area contributed by atoms with Crippen LogP contribution in [0.25, 0.3) is 11.3 Å². The fraction of sp³-hybridized carbons (Fsp3) is 0.565. The summed E-state index contributed by atoms with van der Waals surface area (Å²) in [5.74, 6) is 1.85. The van der Waals surface area contributed by atoms with E-state index in [0.29, 0.717) is 6.04 Å². The van der Waals surface area contributed by atoms with Gasteiger partial charge in [0.25, 0.3) is 0 Å². The summed E-state index contributed by atoms with van der Waals surface area (Å²) >= 11 is 0. The smallest absolute Gasteiger partial charge is 0.227 e. The maximum atomic E-state index is 4.95. The molecular weight excluding hydrogens is 346 g/mol. The second kappa shape index (κ2) is 9.37. The molecule has 1 aromatic carbocycles. The SMILES string of the molecule is CCN1CCN(c2nc(NC3CCCCCC3)cc(-c3ccccc3)n2)CC1. The number of nitrogens with one attached hydrogen (secondary N) is 1. The minimum Gasteiger partial charge on any atom is -0.367 e. The monoisotopic (exact) mass is 379 g/mol. The molecule has 150 valence electrons. The molecule has 0 atom stereocenters. The summed E-state index contributed by atoms with van der Waals surface area (Å²) < 4.78 is 0. The quantitative estimate of drug-likeness (QED) is 0.779. The molecular formula is C23H33N5. The summed E-state index contributed by atoms with van der Waals surface area (Å²) in [6, 6.07) is 13.1. The molecule has 0 amide bonds. The number of rotatable bonds is 5. The molecule has 0 unspecified atom stereocenters. The lowest BCUT2D eigenvalue weighted by Crippen LogP contribution is -2.46. The molecule has 2 heterocycles. The van der Waals surface area contributed by atoms with Gasteiger partial charge in [-0.15, -0.1) is 0 Å². The maximum absolute atomic E-state index is 4.95. The Kier molecular flexibility index (Phi) is 6.42. The van der Waals surface area contributed by atoms with Gasteiger partial charge in [-0.1, -0.05) is 62.9 Å². The fourth-order valence-electron chi connectivity index (χ4n) is 4.30. The van der Waals surface area contributed by atoms with Gasteiger partial charge >= 0.3 is 0 Å². The third kappa shape index (κ3) is 4.82. The van der Waals surface area contributed by atoms with Crippen LogP contribution in [0.2, 0.25) is 0 Å². The van der Waals surface area contributed by atoms with Crippen molar-refractivity contribution >= 4 is 11.8 Å². The predicted octanol–water partition coefficient (Wildman–Crippen LogP) is 4.42. The van der Waals surface area contributed by atoms with E-state index < -0.39 is 0 Å². The minimum atomic E-state index is 0.533. The number of hydrogen-bond donors (Lipinski definition) is 1. The van der Waals surface area contributed by atoms with E-state index in [9.17, 15) is 0 Å². The van der Waals surface area contributed by atoms with Crippen molar-refractivity contribution in [2.75, 3.05) is 42.9 Å². The second-order valence-electron chi connectivity index (χ2n) is 8.06. The van der Waals surface area contributed by atoms with Crippen molar-refractivity contribution in [1.29, 1.82) is 0 Å². The van der Waals surface area contributed by atoms with E-state index in [1.54, 1.807) is 0 Å². The lowest BCUT2D eigenvalue weighted by molar-refractivity contribution is 0.270. The zero-order valence-electron chi connectivity index (χ0n) is 17.1. The summed E-state index contributed by atoms with van der Waals surface area (Å²) in [4.78, 5) is 14.7. The summed E-state index contributed by atoms with van der Waals surface area (Å²) in [6.45, 7) is 7.51. The standard InChI is InChI=1S/C23H33N5/c1-2-27-14-16-28(17-15-27)23-25-21(19-10-6-5-7-11-19)18-22(26-23)24-20-12-8-3-4-9-13-20/h5-7,10-11,18,20H,2-4,8-9,12-17H2,1H3,(H,24,25,26). The highest BCUT2D eigenvalue weighted by Crippen LogP contribution is 2.26. The predicted molar refractivity (Wildman–Crippen MR) is 117 cm³/mol. The molecule has 1 saturated carbocycles.